The number of rotatable bonds is 4. The molecule has 3 aromatic rings. The molecule has 1 aliphatic heterocycles. The summed E-state index contributed by atoms with van der Waals surface area (Å²) in [6.07, 6.45) is 7.86. The minimum atomic E-state index is 0.0296. The van der Waals surface area contributed by atoms with E-state index in [1.807, 2.05) is 17.0 Å². The summed E-state index contributed by atoms with van der Waals surface area (Å²) in [6, 6.07) is 3.98. The minimum absolute atomic E-state index is 0.0296. The van der Waals surface area contributed by atoms with Gasteiger partial charge >= 0.3 is 0 Å². The number of anilines is 1. The van der Waals surface area contributed by atoms with Crippen molar-refractivity contribution >= 4 is 32.3 Å². The van der Waals surface area contributed by atoms with Crippen molar-refractivity contribution in [2.75, 3.05) is 18.4 Å². The number of carbonyl (C=O) groups excluding carboxylic acids is 1. The van der Waals surface area contributed by atoms with Crippen molar-refractivity contribution in [1.29, 1.82) is 0 Å². The molecule has 134 valence electrons. The smallest absolute Gasteiger partial charge is 0.273 e. The number of fused-ring (bicyclic) bond motifs is 1. The van der Waals surface area contributed by atoms with Crippen LogP contribution in [0.3, 0.4) is 0 Å². The zero-order chi connectivity index (χ0) is 18.1. The lowest BCUT2D eigenvalue weighted by atomic mass is 9.93. The second-order valence-electron chi connectivity index (χ2n) is 7.42. The summed E-state index contributed by atoms with van der Waals surface area (Å²) in [5, 5.41) is 5.31. The fourth-order valence-corrected chi connectivity index (χ4v) is 4.22. The number of thiophene rings is 1. The Balaban J connectivity index is 1.57. The van der Waals surface area contributed by atoms with Crippen LogP contribution in [0.15, 0.2) is 37.1 Å². The predicted octanol–water partition coefficient (Wildman–Crippen LogP) is 3.57. The highest BCUT2D eigenvalue weighted by Crippen LogP contribution is 2.34. The van der Waals surface area contributed by atoms with Crippen LogP contribution in [0.5, 0.6) is 0 Å². The number of likely N-dealkylation sites (tertiary alicyclic amines) is 1. The van der Waals surface area contributed by atoms with Gasteiger partial charge in [0.2, 0.25) is 0 Å². The van der Waals surface area contributed by atoms with Crippen LogP contribution in [0, 0.1) is 5.41 Å². The quantitative estimate of drug-likeness (QED) is 0.763. The van der Waals surface area contributed by atoms with Crippen molar-refractivity contribution in [2.45, 2.75) is 26.8 Å². The topological polar surface area (TPSA) is 71.0 Å². The lowest BCUT2D eigenvalue weighted by molar-refractivity contribution is 0.0774. The Morgan fingerprint density at radius 1 is 1.35 bits per heavy atom. The van der Waals surface area contributed by atoms with Gasteiger partial charge in [0, 0.05) is 53.9 Å². The molecule has 0 spiro atoms. The number of nitrogens with one attached hydrogen (secondary N) is 1. The van der Waals surface area contributed by atoms with Gasteiger partial charge in [0.15, 0.2) is 0 Å². The average molecular weight is 367 g/mol. The molecule has 6 nitrogen and oxygen atoms in total. The van der Waals surface area contributed by atoms with Gasteiger partial charge in [-0.25, -0.2) is 9.97 Å². The van der Waals surface area contributed by atoms with Crippen molar-refractivity contribution < 1.29 is 4.79 Å². The van der Waals surface area contributed by atoms with E-state index in [-0.39, 0.29) is 11.3 Å². The summed E-state index contributed by atoms with van der Waals surface area (Å²) < 4.78 is 1.06. The number of carbonyl (C=O) groups is 1. The van der Waals surface area contributed by atoms with Gasteiger partial charge in [0.1, 0.15) is 12.0 Å². The Morgan fingerprint density at radius 3 is 2.88 bits per heavy atom. The highest BCUT2D eigenvalue weighted by Gasteiger charge is 2.33. The molecule has 3 aromatic heterocycles. The summed E-state index contributed by atoms with van der Waals surface area (Å²) in [5.41, 5.74) is 1.74. The van der Waals surface area contributed by atoms with Gasteiger partial charge < -0.3 is 10.2 Å². The number of hydrogen-bond donors (Lipinski definition) is 1. The van der Waals surface area contributed by atoms with Gasteiger partial charge in [-0.3, -0.25) is 9.78 Å². The molecule has 26 heavy (non-hydrogen) atoms. The van der Waals surface area contributed by atoms with E-state index in [4.69, 9.17) is 0 Å². The molecule has 0 bridgehead atoms. The van der Waals surface area contributed by atoms with Gasteiger partial charge in [-0.05, 0) is 24.0 Å². The van der Waals surface area contributed by atoms with Crippen molar-refractivity contribution in [3.05, 3.63) is 48.3 Å². The van der Waals surface area contributed by atoms with E-state index in [0.717, 1.165) is 40.2 Å². The summed E-state index contributed by atoms with van der Waals surface area (Å²) >= 11 is 1.63. The molecular formula is C19H21N5OS. The van der Waals surface area contributed by atoms with Crippen LogP contribution < -0.4 is 5.32 Å². The summed E-state index contributed by atoms with van der Waals surface area (Å²) in [5.74, 6) is 0.0296. The van der Waals surface area contributed by atoms with Crippen LogP contribution >= 0.6 is 11.3 Å². The van der Waals surface area contributed by atoms with Crippen LogP contribution in [0.2, 0.25) is 0 Å². The maximum absolute atomic E-state index is 13.0. The van der Waals surface area contributed by atoms with Crippen LogP contribution in [0.1, 0.15) is 36.3 Å². The molecule has 4 rings (SSSR count). The van der Waals surface area contributed by atoms with E-state index in [9.17, 15) is 4.79 Å². The highest BCUT2D eigenvalue weighted by molar-refractivity contribution is 7.22. The molecule has 0 aliphatic carbocycles. The standard InChI is InChI=1S/C19H21N5OS/c1-19(2)4-6-24(11-19)18(25)17-14-7-16(26-15(14)3-5-22-17)23-10-13-8-20-12-21-9-13/h3,5,7-9,12,23H,4,6,10-11H2,1-2H3. The molecule has 4 heterocycles. The van der Waals surface area contributed by atoms with Crippen molar-refractivity contribution in [2.24, 2.45) is 5.41 Å². The van der Waals surface area contributed by atoms with Crippen molar-refractivity contribution in [1.82, 2.24) is 19.9 Å². The number of amides is 1. The van der Waals surface area contributed by atoms with Gasteiger partial charge in [0.25, 0.3) is 5.91 Å². The molecule has 0 saturated carbocycles. The van der Waals surface area contributed by atoms with Crippen molar-refractivity contribution in [3.8, 4) is 0 Å². The molecule has 1 fully saturated rings. The van der Waals surface area contributed by atoms with Gasteiger partial charge in [0.05, 0.1) is 5.00 Å². The number of hydrogen-bond acceptors (Lipinski definition) is 6. The Kier molecular flexibility index (Phi) is 4.32. The molecule has 0 unspecified atom stereocenters. The second kappa shape index (κ2) is 6.64. The Morgan fingerprint density at radius 2 is 2.15 bits per heavy atom. The van der Waals surface area contributed by atoms with E-state index in [1.165, 1.54) is 6.33 Å². The maximum atomic E-state index is 13.0. The number of pyridine rings is 1. The lowest BCUT2D eigenvalue weighted by Crippen LogP contribution is -2.30. The molecule has 0 atom stereocenters. The van der Waals surface area contributed by atoms with Gasteiger partial charge in [-0.2, -0.15) is 0 Å². The minimum Gasteiger partial charge on any atom is -0.373 e. The largest absolute Gasteiger partial charge is 0.373 e. The summed E-state index contributed by atoms with van der Waals surface area (Å²) in [6.45, 7) is 6.63. The van der Waals surface area contributed by atoms with Crippen LogP contribution in [0.4, 0.5) is 5.00 Å². The fourth-order valence-electron chi connectivity index (χ4n) is 3.27. The monoisotopic (exact) mass is 367 g/mol. The Labute approximate surface area is 156 Å². The molecule has 1 aliphatic rings. The maximum Gasteiger partial charge on any atom is 0.273 e. The SMILES string of the molecule is CC1(C)CCN(C(=O)c2nccc3sc(NCc4cncnc4)cc23)C1. The van der Waals surface area contributed by atoms with Crippen molar-refractivity contribution in [3.63, 3.8) is 0 Å². The highest BCUT2D eigenvalue weighted by atomic mass is 32.1. The molecule has 7 heteroatoms. The van der Waals surface area contributed by atoms with E-state index >= 15 is 0 Å². The lowest BCUT2D eigenvalue weighted by Gasteiger charge is -2.19. The van der Waals surface area contributed by atoms with Gasteiger partial charge in [-0.15, -0.1) is 11.3 Å². The molecule has 0 aromatic carbocycles. The zero-order valence-corrected chi connectivity index (χ0v) is 15.7. The Hall–Kier alpha value is -2.54. The third-order valence-corrected chi connectivity index (χ3v) is 5.75. The van der Waals surface area contributed by atoms with E-state index in [1.54, 1.807) is 29.9 Å². The average Bonchev–Trinajstić information content (AvgIpc) is 3.22. The summed E-state index contributed by atoms with van der Waals surface area (Å²) in [7, 11) is 0. The fraction of sp³-hybridized carbons (Fsp3) is 0.368. The third kappa shape index (κ3) is 3.39. The zero-order valence-electron chi connectivity index (χ0n) is 14.9. The second-order valence-corrected chi connectivity index (χ2v) is 8.51. The van der Waals surface area contributed by atoms with Crippen LogP contribution in [-0.4, -0.2) is 38.8 Å². The summed E-state index contributed by atoms with van der Waals surface area (Å²) in [4.78, 5) is 27.3. The normalized spacial score (nSPS) is 16.2. The Bertz CT molecular complexity index is 938. The molecule has 1 saturated heterocycles. The number of aromatic nitrogens is 3. The third-order valence-electron chi connectivity index (χ3n) is 4.69. The predicted molar refractivity (Wildman–Crippen MR) is 103 cm³/mol. The first kappa shape index (κ1) is 16.9. The number of nitrogens with zero attached hydrogens (tertiary/aromatic N) is 4. The van der Waals surface area contributed by atoms with E-state index in [2.05, 4.69) is 34.1 Å². The van der Waals surface area contributed by atoms with Crippen LogP contribution in [-0.2, 0) is 6.54 Å². The molecule has 1 amide bonds. The van der Waals surface area contributed by atoms with E-state index < -0.39 is 0 Å². The van der Waals surface area contributed by atoms with E-state index in [0.29, 0.717) is 12.2 Å². The van der Waals surface area contributed by atoms with Gasteiger partial charge in [-0.1, -0.05) is 13.8 Å². The van der Waals surface area contributed by atoms with Crippen LogP contribution in [0.25, 0.3) is 10.1 Å². The first-order valence-electron chi connectivity index (χ1n) is 8.67. The molecule has 1 N–H and O–H groups in total. The first-order valence-corrected chi connectivity index (χ1v) is 9.49. The molecular weight excluding hydrogens is 346 g/mol. The molecule has 0 radical (unpaired) electrons. The first-order chi connectivity index (χ1) is 12.5.